The topological polar surface area (TPSA) is 126 Å². The summed E-state index contributed by atoms with van der Waals surface area (Å²) in [6.45, 7) is 0. The summed E-state index contributed by atoms with van der Waals surface area (Å²) in [7, 11) is 0. The Balaban J connectivity index is 1.77. The number of aromatic nitrogens is 3. The van der Waals surface area contributed by atoms with Crippen molar-refractivity contribution in [3.05, 3.63) is 70.4 Å². The van der Waals surface area contributed by atoms with E-state index in [-0.39, 0.29) is 22.9 Å². The van der Waals surface area contributed by atoms with Gasteiger partial charge in [0.2, 0.25) is 0 Å². The third-order valence-corrected chi connectivity index (χ3v) is 3.22. The van der Waals surface area contributed by atoms with Crippen LogP contribution in [0.25, 0.3) is 11.3 Å². The van der Waals surface area contributed by atoms with Gasteiger partial charge >= 0.3 is 0 Å². The minimum Gasteiger partial charge on any atom is -0.507 e. The van der Waals surface area contributed by atoms with Gasteiger partial charge in [0.15, 0.2) is 0 Å². The van der Waals surface area contributed by atoms with Crippen molar-refractivity contribution in [2.45, 2.75) is 0 Å². The second kappa shape index (κ2) is 7.13. The first-order valence-corrected chi connectivity index (χ1v) is 7.15. The summed E-state index contributed by atoms with van der Waals surface area (Å²) < 4.78 is 0. The van der Waals surface area contributed by atoms with Gasteiger partial charge in [-0.1, -0.05) is 30.3 Å². The number of hydrazone groups is 1. The van der Waals surface area contributed by atoms with Crippen molar-refractivity contribution in [2.75, 3.05) is 5.43 Å². The standard InChI is InChI=1S/C16H12N6O3/c23-15-7-6-13(22(24)25)8-12(15)9-17-20-16-19-14(10-18-21-16)11-4-2-1-3-5-11/h1-10,23H,(H,19,20,21)/b17-9+. The lowest BCUT2D eigenvalue weighted by molar-refractivity contribution is -0.384. The summed E-state index contributed by atoms with van der Waals surface area (Å²) in [4.78, 5) is 14.5. The zero-order valence-corrected chi connectivity index (χ0v) is 12.8. The fraction of sp³-hybridized carbons (Fsp3) is 0. The van der Waals surface area contributed by atoms with Crippen LogP contribution in [0.4, 0.5) is 11.6 Å². The molecule has 0 aliphatic rings. The Labute approximate surface area is 141 Å². The van der Waals surface area contributed by atoms with Crippen molar-refractivity contribution in [1.29, 1.82) is 0 Å². The number of non-ortho nitro benzene ring substituents is 1. The molecule has 0 unspecified atom stereocenters. The average molecular weight is 336 g/mol. The van der Waals surface area contributed by atoms with E-state index in [0.29, 0.717) is 5.69 Å². The van der Waals surface area contributed by atoms with E-state index in [1.807, 2.05) is 30.3 Å². The number of phenols is 1. The molecule has 0 aliphatic carbocycles. The Hall–Kier alpha value is -3.88. The summed E-state index contributed by atoms with van der Waals surface area (Å²) in [6.07, 6.45) is 2.76. The van der Waals surface area contributed by atoms with Gasteiger partial charge < -0.3 is 5.11 Å². The number of rotatable bonds is 5. The van der Waals surface area contributed by atoms with Crippen LogP contribution in [0.2, 0.25) is 0 Å². The summed E-state index contributed by atoms with van der Waals surface area (Å²) in [5.41, 5.74) is 4.11. The lowest BCUT2D eigenvalue weighted by Crippen LogP contribution is -2.00. The third kappa shape index (κ3) is 3.91. The van der Waals surface area contributed by atoms with Crippen LogP contribution in [-0.4, -0.2) is 31.4 Å². The maximum absolute atomic E-state index is 10.8. The van der Waals surface area contributed by atoms with Crippen molar-refractivity contribution in [1.82, 2.24) is 15.2 Å². The monoisotopic (exact) mass is 336 g/mol. The minimum absolute atomic E-state index is 0.131. The molecule has 0 aliphatic heterocycles. The molecule has 0 atom stereocenters. The highest BCUT2D eigenvalue weighted by atomic mass is 16.6. The molecule has 3 aromatic rings. The highest BCUT2D eigenvalue weighted by Crippen LogP contribution is 2.21. The van der Waals surface area contributed by atoms with Crippen molar-refractivity contribution in [3.63, 3.8) is 0 Å². The molecular weight excluding hydrogens is 324 g/mol. The van der Waals surface area contributed by atoms with E-state index in [9.17, 15) is 15.2 Å². The lowest BCUT2D eigenvalue weighted by Gasteiger charge is -2.02. The quantitative estimate of drug-likeness (QED) is 0.416. The Morgan fingerprint density at radius 3 is 2.76 bits per heavy atom. The van der Waals surface area contributed by atoms with E-state index in [0.717, 1.165) is 5.56 Å². The second-order valence-corrected chi connectivity index (χ2v) is 4.90. The van der Waals surface area contributed by atoms with Gasteiger partial charge in [-0.2, -0.15) is 10.2 Å². The van der Waals surface area contributed by atoms with Gasteiger partial charge in [-0.3, -0.25) is 10.1 Å². The van der Waals surface area contributed by atoms with Crippen LogP contribution in [0.5, 0.6) is 5.75 Å². The van der Waals surface area contributed by atoms with E-state index >= 15 is 0 Å². The normalized spacial score (nSPS) is 10.7. The van der Waals surface area contributed by atoms with Gasteiger partial charge in [-0.05, 0) is 6.07 Å². The fourth-order valence-corrected chi connectivity index (χ4v) is 2.02. The Morgan fingerprint density at radius 2 is 2.00 bits per heavy atom. The van der Waals surface area contributed by atoms with Gasteiger partial charge in [0.25, 0.3) is 11.6 Å². The van der Waals surface area contributed by atoms with Crippen LogP contribution >= 0.6 is 0 Å². The smallest absolute Gasteiger partial charge is 0.270 e. The molecule has 0 saturated carbocycles. The summed E-state index contributed by atoms with van der Waals surface area (Å²) in [6, 6.07) is 13.1. The number of nitrogens with zero attached hydrogens (tertiary/aromatic N) is 5. The van der Waals surface area contributed by atoms with Gasteiger partial charge in [0.1, 0.15) is 5.75 Å². The minimum atomic E-state index is -0.555. The van der Waals surface area contributed by atoms with Crippen LogP contribution in [0, 0.1) is 10.1 Å². The van der Waals surface area contributed by atoms with Gasteiger partial charge in [0.05, 0.1) is 23.0 Å². The van der Waals surface area contributed by atoms with E-state index in [4.69, 9.17) is 0 Å². The third-order valence-electron chi connectivity index (χ3n) is 3.22. The largest absolute Gasteiger partial charge is 0.507 e. The maximum Gasteiger partial charge on any atom is 0.270 e. The first kappa shape index (κ1) is 16.0. The number of phenolic OH excluding ortho intramolecular Hbond substituents is 1. The molecule has 0 saturated heterocycles. The predicted molar refractivity (Wildman–Crippen MR) is 91.2 cm³/mol. The molecule has 1 aromatic heterocycles. The maximum atomic E-state index is 10.8. The molecule has 0 amide bonds. The Kier molecular flexibility index (Phi) is 4.56. The number of nitrogens with one attached hydrogen (secondary N) is 1. The molecule has 2 aromatic carbocycles. The molecule has 124 valence electrons. The lowest BCUT2D eigenvalue weighted by atomic mass is 10.2. The first-order valence-electron chi connectivity index (χ1n) is 7.15. The Bertz CT molecular complexity index is 930. The van der Waals surface area contributed by atoms with Crippen molar-refractivity contribution in [2.24, 2.45) is 5.10 Å². The highest BCUT2D eigenvalue weighted by molar-refractivity contribution is 5.84. The molecule has 25 heavy (non-hydrogen) atoms. The molecule has 2 N–H and O–H groups in total. The van der Waals surface area contributed by atoms with Crippen LogP contribution in [-0.2, 0) is 0 Å². The second-order valence-electron chi connectivity index (χ2n) is 4.90. The molecule has 0 radical (unpaired) electrons. The van der Waals surface area contributed by atoms with E-state index < -0.39 is 4.92 Å². The van der Waals surface area contributed by atoms with E-state index in [2.05, 4.69) is 25.7 Å². The predicted octanol–water partition coefficient (Wildman–Crippen LogP) is 2.60. The van der Waals surface area contributed by atoms with Gasteiger partial charge in [0, 0.05) is 23.3 Å². The number of aromatic hydroxyl groups is 1. The molecule has 0 bridgehead atoms. The van der Waals surface area contributed by atoms with Crippen LogP contribution in [0.1, 0.15) is 5.56 Å². The van der Waals surface area contributed by atoms with E-state index in [1.165, 1.54) is 30.6 Å². The zero-order chi connectivity index (χ0) is 17.6. The number of anilines is 1. The molecule has 9 nitrogen and oxygen atoms in total. The molecule has 1 heterocycles. The molecule has 3 rings (SSSR count). The summed E-state index contributed by atoms with van der Waals surface area (Å²) >= 11 is 0. The Morgan fingerprint density at radius 1 is 1.20 bits per heavy atom. The number of nitro groups is 1. The van der Waals surface area contributed by atoms with E-state index in [1.54, 1.807) is 0 Å². The number of nitro benzene ring substituents is 1. The molecule has 0 spiro atoms. The van der Waals surface area contributed by atoms with Crippen LogP contribution in [0.15, 0.2) is 59.8 Å². The fourth-order valence-electron chi connectivity index (χ4n) is 2.02. The molecule has 9 heteroatoms. The summed E-state index contributed by atoms with van der Waals surface area (Å²) in [5, 5.41) is 32.0. The number of hydrogen-bond donors (Lipinski definition) is 2. The molecular formula is C16H12N6O3. The molecule has 0 fully saturated rings. The zero-order valence-electron chi connectivity index (χ0n) is 12.8. The van der Waals surface area contributed by atoms with Gasteiger partial charge in [-0.25, -0.2) is 10.4 Å². The SMILES string of the molecule is O=[N+]([O-])c1ccc(O)c(/C=N/Nc2nncc(-c3ccccc3)n2)c1. The van der Waals surface area contributed by atoms with Crippen molar-refractivity contribution < 1.29 is 10.0 Å². The summed E-state index contributed by atoms with van der Waals surface area (Å²) in [5.74, 6) is 0.0238. The van der Waals surface area contributed by atoms with Crippen LogP contribution < -0.4 is 5.43 Å². The average Bonchev–Trinajstić information content (AvgIpc) is 2.64. The highest BCUT2D eigenvalue weighted by Gasteiger charge is 2.09. The number of hydrogen-bond acceptors (Lipinski definition) is 8. The van der Waals surface area contributed by atoms with Crippen molar-refractivity contribution in [3.8, 4) is 17.0 Å². The number of benzene rings is 2. The first-order chi connectivity index (χ1) is 12.1. The van der Waals surface area contributed by atoms with Crippen molar-refractivity contribution >= 4 is 17.9 Å². The van der Waals surface area contributed by atoms with Crippen LogP contribution in [0.3, 0.4) is 0 Å². The van der Waals surface area contributed by atoms with Gasteiger partial charge in [-0.15, -0.1) is 5.10 Å².